The van der Waals surface area contributed by atoms with E-state index in [1.54, 1.807) is 13.0 Å². The Labute approximate surface area is 164 Å². The van der Waals surface area contributed by atoms with Gasteiger partial charge < -0.3 is 19.7 Å². The molecule has 0 unspecified atom stereocenters. The number of halogens is 1. The van der Waals surface area contributed by atoms with Crippen molar-refractivity contribution < 1.29 is 18.7 Å². The summed E-state index contributed by atoms with van der Waals surface area (Å²) < 4.78 is 25.2. The Hall–Kier alpha value is -2.76. The summed E-state index contributed by atoms with van der Waals surface area (Å²) in [6.45, 7) is 4.03. The van der Waals surface area contributed by atoms with E-state index in [1.165, 1.54) is 6.07 Å². The van der Waals surface area contributed by atoms with Gasteiger partial charge in [-0.2, -0.15) is 0 Å². The molecule has 1 atom stereocenters. The molecule has 6 heteroatoms. The van der Waals surface area contributed by atoms with Crippen molar-refractivity contribution in [1.29, 1.82) is 0 Å². The van der Waals surface area contributed by atoms with E-state index >= 15 is 0 Å². The number of urea groups is 1. The van der Waals surface area contributed by atoms with Gasteiger partial charge in [0.2, 0.25) is 0 Å². The van der Waals surface area contributed by atoms with Crippen LogP contribution in [-0.4, -0.2) is 30.7 Å². The maximum absolute atomic E-state index is 13.7. The molecule has 2 aliphatic rings. The van der Waals surface area contributed by atoms with Gasteiger partial charge in [0.1, 0.15) is 5.82 Å². The predicted molar refractivity (Wildman–Crippen MR) is 104 cm³/mol. The lowest BCUT2D eigenvalue weighted by molar-refractivity contribution is 0.192. The topological polar surface area (TPSA) is 50.8 Å². The van der Waals surface area contributed by atoms with Crippen molar-refractivity contribution in [2.24, 2.45) is 0 Å². The number of benzene rings is 2. The van der Waals surface area contributed by atoms with E-state index in [4.69, 9.17) is 9.47 Å². The summed E-state index contributed by atoms with van der Waals surface area (Å²) in [5, 5.41) is 2.92. The number of fused-ring (bicyclic) bond motifs is 1. The minimum atomic E-state index is -0.252. The Kier molecular flexibility index (Phi) is 5.37. The number of nitrogens with zero attached hydrogens (tertiary/aromatic N) is 1. The van der Waals surface area contributed by atoms with Crippen molar-refractivity contribution in [2.75, 3.05) is 19.8 Å². The number of hydrogen-bond donors (Lipinski definition) is 1. The van der Waals surface area contributed by atoms with Crippen molar-refractivity contribution in [3.63, 3.8) is 0 Å². The van der Waals surface area contributed by atoms with Gasteiger partial charge in [0.25, 0.3) is 0 Å². The fourth-order valence-corrected chi connectivity index (χ4v) is 3.77. The number of carbonyl (C=O) groups excluding carboxylic acids is 1. The van der Waals surface area contributed by atoms with Crippen LogP contribution in [0.4, 0.5) is 9.18 Å². The summed E-state index contributed by atoms with van der Waals surface area (Å²) in [4.78, 5) is 14.6. The number of hydrogen-bond acceptors (Lipinski definition) is 3. The molecular weight excluding hydrogens is 359 g/mol. The quantitative estimate of drug-likeness (QED) is 0.856. The molecule has 0 saturated carbocycles. The first-order chi connectivity index (χ1) is 13.6. The second kappa shape index (κ2) is 8.09. The molecule has 2 aliphatic heterocycles. The summed E-state index contributed by atoms with van der Waals surface area (Å²) in [5.74, 6) is 1.26. The van der Waals surface area contributed by atoms with Crippen LogP contribution in [0.1, 0.15) is 42.0 Å². The van der Waals surface area contributed by atoms with E-state index in [0.717, 1.165) is 41.9 Å². The third-order valence-corrected chi connectivity index (χ3v) is 5.35. The standard InChI is InChI=1S/C22H25FN2O3/c1-15-5-6-16(12-18(15)23)14-24-22(26)25-9-2-4-19(25)17-7-8-20-21(13-17)28-11-3-10-27-20/h5-8,12-13,19H,2-4,9-11,14H2,1H3,(H,24,26)/t19-/m1/s1. The monoisotopic (exact) mass is 384 g/mol. The van der Waals surface area contributed by atoms with Gasteiger partial charge >= 0.3 is 6.03 Å². The number of nitrogens with one attached hydrogen (secondary N) is 1. The zero-order valence-electron chi connectivity index (χ0n) is 16.0. The van der Waals surface area contributed by atoms with Crippen molar-refractivity contribution in [3.8, 4) is 11.5 Å². The second-order valence-electron chi connectivity index (χ2n) is 7.35. The maximum Gasteiger partial charge on any atom is 0.318 e. The van der Waals surface area contributed by atoms with Crippen LogP contribution in [0.25, 0.3) is 0 Å². The van der Waals surface area contributed by atoms with Crippen LogP contribution >= 0.6 is 0 Å². The van der Waals surface area contributed by atoms with E-state index in [0.29, 0.717) is 31.9 Å². The molecular formula is C22H25FN2O3. The molecule has 2 heterocycles. The van der Waals surface area contributed by atoms with Gasteiger partial charge in [0.15, 0.2) is 11.5 Å². The molecule has 0 aliphatic carbocycles. The predicted octanol–water partition coefficient (Wildman–Crippen LogP) is 4.34. The van der Waals surface area contributed by atoms with Gasteiger partial charge in [0.05, 0.1) is 19.3 Å². The first-order valence-electron chi connectivity index (χ1n) is 9.81. The number of rotatable bonds is 3. The van der Waals surface area contributed by atoms with Gasteiger partial charge in [-0.15, -0.1) is 0 Å². The summed E-state index contributed by atoms with van der Waals surface area (Å²) >= 11 is 0. The Morgan fingerprint density at radius 1 is 1.14 bits per heavy atom. The highest BCUT2D eigenvalue weighted by Gasteiger charge is 2.30. The third-order valence-electron chi connectivity index (χ3n) is 5.35. The lowest BCUT2D eigenvalue weighted by Gasteiger charge is -2.26. The molecule has 2 aromatic carbocycles. The number of amides is 2. The fourth-order valence-electron chi connectivity index (χ4n) is 3.77. The smallest absolute Gasteiger partial charge is 0.318 e. The highest BCUT2D eigenvalue weighted by Crippen LogP contribution is 2.37. The van der Waals surface area contributed by atoms with Crippen molar-refractivity contribution >= 4 is 6.03 Å². The maximum atomic E-state index is 13.7. The number of likely N-dealkylation sites (tertiary alicyclic amines) is 1. The lowest BCUT2D eigenvalue weighted by atomic mass is 10.0. The second-order valence-corrected chi connectivity index (χ2v) is 7.35. The minimum absolute atomic E-state index is 0.00640. The van der Waals surface area contributed by atoms with E-state index in [1.807, 2.05) is 29.2 Å². The summed E-state index contributed by atoms with van der Waals surface area (Å²) in [6.07, 6.45) is 2.72. The summed E-state index contributed by atoms with van der Waals surface area (Å²) in [6, 6.07) is 10.9. The normalized spacial score (nSPS) is 18.6. The molecule has 5 nitrogen and oxygen atoms in total. The fraction of sp³-hybridized carbons (Fsp3) is 0.409. The van der Waals surface area contributed by atoms with Crippen LogP contribution in [-0.2, 0) is 6.54 Å². The highest BCUT2D eigenvalue weighted by molar-refractivity contribution is 5.75. The molecule has 148 valence electrons. The van der Waals surface area contributed by atoms with Crippen LogP contribution in [0.2, 0.25) is 0 Å². The first-order valence-corrected chi connectivity index (χ1v) is 9.81. The first kappa shape index (κ1) is 18.6. The molecule has 1 fully saturated rings. The van der Waals surface area contributed by atoms with Gasteiger partial charge in [-0.1, -0.05) is 18.2 Å². The minimum Gasteiger partial charge on any atom is -0.490 e. The van der Waals surface area contributed by atoms with E-state index in [9.17, 15) is 9.18 Å². The molecule has 2 aromatic rings. The lowest BCUT2D eigenvalue weighted by Crippen LogP contribution is -2.39. The zero-order chi connectivity index (χ0) is 19.5. The Morgan fingerprint density at radius 3 is 2.79 bits per heavy atom. The van der Waals surface area contributed by atoms with E-state index in [-0.39, 0.29) is 17.9 Å². The average Bonchev–Trinajstić information content (AvgIpc) is 3.07. The largest absolute Gasteiger partial charge is 0.490 e. The molecule has 1 N–H and O–H groups in total. The van der Waals surface area contributed by atoms with Gasteiger partial charge in [0, 0.05) is 19.5 Å². The van der Waals surface area contributed by atoms with Crippen molar-refractivity contribution in [1.82, 2.24) is 10.2 Å². The Balaban J connectivity index is 1.44. The van der Waals surface area contributed by atoms with Crippen LogP contribution in [0.3, 0.4) is 0 Å². The number of aryl methyl sites for hydroxylation is 1. The van der Waals surface area contributed by atoms with Gasteiger partial charge in [-0.25, -0.2) is 9.18 Å². The number of carbonyl (C=O) groups is 1. The van der Waals surface area contributed by atoms with E-state index in [2.05, 4.69) is 5.32 Å². The summed E-state index contributed by atoms with van der Waals surface area (Å²) in [5.41, 5.74) is 2.41. The molecule has 0 aromatic heterocycles. The molecule has 4 rings (SSSR count). The Morgan fingerprint density at radius 2 is 1.96 bits per heavy atom. The van der Waals surface area contributed by atoms with Crippen LogP contribution in [0.5, 0.6) is 11.5 Å². The average molecular weight is 384 g/mol. The Bertz CT molecular complexity index is 871. The molecule has 1 saturated heterocycles. The molecule has 0 spiro atoms. The van der Waals surface area contributed by atoms with Gasteiger partial charge in [-0.3, -0.25) is 0 Å². The van der Waals surface area contributed by atoms with Crippen LogP contribution in [0.15, 0.2) is 36.4 Å². The van der Waals surface area contributed by atoms with Crippen LogP contribution < -0.4 is 14.8 Å². The van der Waals surface area contributed by atoms with E-state index < -0.39 is 0 Å². The highest BCUT2D eigenvalue weighted by atomic mass is 19.1. The SMILES string of the molecule is Cc1ccc(CNC(=O)N2CCC[C@@H]2c2ccc3c(c2)OCCCO3)cc1F. The molecule has 0 bridgehead atoms. The summed E-state index contributed by atoms with van der Waals surface area (Å²) in [7, 11) is 0. The van der Waals surface area contributed by atoms with Crippen molar-refractivity contribution in [3.05, 3.63) is 58.9 Å². The molecule has 0 radical (unpaired) electrons. The van der Waals surface area contributed by atoms with Gasteiger partial charge in [-0.05, 0) is 54.7 Å². The van der Waals surface area contributed by atoms with Crippen molar-refractivity contribution in [2.45, 2.75) is 38.8 Å². The zero-order valence-corrected chi connectivity index (χ0v) is 16.0. The van der Waals surface area contributed by atoms with Crippen LogP contribution in [0, 0.1) is 12.7 Å². The molecule has 2 amide bonds. The number of ether oxygens (including phenoxy) is 2. The third kappa shape index (κ3) is 3.91. The molecule has 28 heavy (non-hydrogen) atoms.